The minimum Gasteiger partial charge on any atom is -0.497 e. The summed E-state index contributed by atoms with van der Waals surface area (Å²) in [5.41, 5.74) is 3.43. The second-order valence-electron chi connectivity index (χ2n) is 7.34. The predicted molar refractivity (Wildman–Crippen MR) is 121 cm³/mol. The molecule has 4 rings (SSSR count). The second kappa shape index (κ2) is 8.77. The van der Waals surface area contributed by atoms with Gasteiger partial charge in [0.1, 0.15) is 11.5 Å². The molecular formula is C23H23N3O4S. The summed E-state index contributed by atoms with van der Waals surface area (Å²) in [6.07, 6.45) is 0.160. The standard InChI is InChI=1S/C23H23N3O4S/c1-14-7-8-20(30-3)18(9-14)19-13-31-23(24-19)25-22(28)15-10-21(27)26(12-15)16-5-4-6-17(11-16)29-2/h4-9,11,13,15H,10,12H2,1-3H3,(H,24,25,28)/t15-/m1/s1. The first-order chi connectivity index (χ1) is 15.0. The number of aromatic nitrogens is 1. The number of benzene rings is 2. The summed E-state index contributed by atoms with van der Waals surface area (Å²) in [5.74, 6) is 0.650. The van der Waals surface area contributed by atoms with Gasteiger partial charge in [-0.05, 0) is 31.2 Å². The van der Waals surface area contributed by atoms with Crippen molar-refractivity contribution in [1.29, 1.82) is 0 Å². The smallest absolute Gasteiger partial charge is 0.231 e. The highest BCUT2D eigenvalue weighted by atomic mass is 32.1. The molecule has 2 heterocycles. The summed E-state index contributed by atoms with van der Waals surface area (Å²) in [6, 6.07) is 13.1. The van der Waals surface area contributed by atoms with E-state index in [1.807, 2.05) is 48.7 Å². The van der Waals surface area contributed by atoms with Crippen LogP contribution < -0.4 is 19.7 Å². The van der Waals surface area contributed by atoms with Crippen molar-refractivity contribution in [1.82, 2.24) is 4.98 Å². The Hall–Kier alpha value is -3.39. The Morgan fingerprint density at radius 3 is 2.81 bits per heavy atom. The molecule has 31 heavy (non-hydrogen) atoms. The molecule has 0 radical (unpaired) electrons. The molecule has 1 N–H and O–H groups in total. The van der Waals surface area contributed by atoms with Gasteiger partial charge in [0, 0.05) is 35.7 Å². The number of ether oxygens (including phenoxy) is 2. The molecule has 2 amide bonds. The third-order valence-corrected chi connectivity index (χ3v) is 5.98. The molecule has 1 fully saturated rings. The highest BCUT2D eigenvalue weighted by molar-refractivity contribution is 7.14. The molecule has 0 saturated carbocycles. The number of nitrogens with zero attached hydrogens (tertiary/aromatic N) is 2. The molecule has 7 nitrogen and oxygen atoms in total. The van der Waals surface area contributed by atoms with E-state index in [1.54, 1.807) is 25.2 Å². The summed E-state index contributed by atoms with van der Waals surface area (Å²) in [4.78, 5) is 31.5. The molecule has 160 valence electrons. The van der Waals surface area contributed by atoms with E-state index < -0.39 is 5.92 Å². The van der Waals surface area contributed by atoms with Crippen molar-refractivity contribution in [3.8, 4) is 22.8 Å². The Morgan fingerprint density at radius 1 is 1.19 bits per heavy atom. The summed E-state index contributed by atoms with van der Waals surface area (Å²) in [7, 11) is 3.20. The van der Waals surface area contributed by atoms with Crippen LogP contribution in [0.15, 0.2) is 47.8 Å². The zero-order valence-corrected chi connectivity index (χ0v) is 18.4. The molecule has 0 aliphatic carbocycles. The van der Waals surface area contributed by atoms with Crippen molar-refractivity contribution in [2.75, 3.05) is 31.0 Å². The van der Waals surface area contributed by atoms with Gasteiger partial charge in [-0.15, -0.1) is 11.3 Å². The molecule has 2 aromatic carbocycles. The van der Waals surface area contributed by atoms with Crippen molar-refractivity contribution >= 4 is 34.0 Å². The third-order valence-electron chi connectivity index (χ3n) is 5.23. The molecule has 0 unspecified atom stereocenters. The lowest BCUT2D eigenvalue weighted by Gasteiger charge is -2.17. The number of carbonyl (C=O) groups excluding carboxylic acids is 2. The van der Waals surface area contributed by atoms with Gasteiger partial charge in [0.2, 0.25) is 11.8 Å². The summed E-state index contributed by atoms with van der Waals surface area (Å²) < 4.78 is 10.7. The zero-order valence-electron chi connectivity index (χ0n) is 17.5. The van der Waals surface area contributed by atoms with Crippen LogP contribution in [0, 0.1) is 12.8 Å². The van der Waals surface area contributed by atoms with Gasteiger partial charge in [0.05, 0.1) is 25.8 Å². The summed E-state index contributed by atoms with van der Waals surface area (Å²) in [5, 5.41) is 5.25. The van der Waals surface area contributed by atoms with Gasteiger partial charge in [0.15, 0.2) is 5.13 Å². The quantitative estimate of drug-likeness (QED) is 0.627. The van der Waals surface area contributed by atoms with Gasteiger partial charge in [-0.1, -0.05) is 17.7 Å². The number of hydrogen-bond acceptors (Lipinski definition) is 6. The van der Waals surface area contributed by atoms with Crippen LogP contribution in [0.5, 0.6) is 11.5 Å². The maximum absolute atomic E-state index is 12.8. The molecule has 1 atom stereocenters. The van der Waals surface area contributed by atoms with Gasteiger partial charge >= 0.3 is 0 Å². The van der Waals surface area contributed by atoms with Crippen LogP contribution in [0.4, 0.5) is 10.8 Å². The van der Waals surface area contributed by atoms with Crippen molar-refractivity contribution in [3.63, 3.8) is 0 Å². The van der Waals surface area contributed by atoms with Crippen LogP contribution in [0.1, 0.15) is 12.0 Å². The number of carbonyl (C=O) groups is 2. The summed E-state index contributed by atoms with van der Waals surface area (Å²) in [6.45, 7) is 2.32. The minimum absolute atomic E-state index is 0.0854. The first-order valence-corrected chi connectivity index (χ1v) is 10.7. The fourth-order valence-corrected chi connectivity index (χ4v) is 4.31. The lowest BCUT2D eigenvalue weighted by atomic mass is 10.1. The van der Waals surface area contributed by atoms with E-state index in [0.29, 0.717) is 17.4 Å². The van der Waals surface area contributed by atoms with Crippen LogP contribution in [0.2, 0.25) is 0 Å². The molecule has 3 aromatic rings. The first kappa shape index (κ1) is 20.9. The topological polar surface area (TPSA) is 80.8 Å². The van der Waals surface area contributed by atoms with E-state index in [0.717, 1.165) is 28.3 Å². The van der Waals surface area contributed by atoms with Gasteiger partial charge in [-0.25, -0.2) is 4.98 Å². The molecule has 8 heteroatoms. The SMILES string of the molecule is COc1cccc(N2C[C@H](C(=O)Nc3nc(-c4cc(C)ccc4OC)cs3)CC2=O)c1. The van der Waals surface area contributed by atoms with Crippen molar-refractivity contribution < 1.29 is 19.1 Å². The first-order valence-electron chi connectivity index (χ1n) is 9.84. The van der Waals surface area contributed by atoms with Gasteiger partial charge < -0.3 is 19.7 Å². The number of nitrogens with one attached hydrogen (secondary N) is 1. The fraction of sp³-hybridized carbons (Fsp3) is 0.261. The third kappa shape index (κ3) is 4.39. The lowest BCUT2D eigenvalue weighted by molar-refractivity contribution is -0.122. The van der Waals surface area contributed by atoms with Gasteiger partial charge in [0.25, 0.3) is 0 Å². The lowest BCUT2D eigenvalue weighted by Crippen LogP contribution is -2.28. The monoisotopic (exact) mass is 437 g/mol. The Kier molecular flexibility index (Phi) is 5.90. The molecule has 1 aromatic heterocycles. The highest BCUT2D eigenvalue weighted by Gasteiger charge is 2.35. The van der Waals surface area contributed by atoms with E-state index in [1.165, 1.54) is 11.3 Å². The molecule has 0 bridgehead atoms. The number of aryl methyl sites for hydroxylation is 1. The minimum atomic E-state index is -0.445. The molecular weight excluding hydrogens is 414 g/mol. The Balaban J connectivity index is 1.46. The van der Waals surface area contributed by atoms with Crippen LogP contribution in [-0.2, 0) is 9.59 Å². The summed E-state index contributed by atoms with van der Waals surface area (Å²) >= 11 is 1.35. The van der Waals surface area contributed by atoms with E-state index in [4.69, 9.17) is 9.47 Å². The van der Waals surface area contributed by atoms with E-state index in [9.17, 15) is 9.59 Å². The number of rotatable bonds is 6. The average molecular weight is 438 g/mol. The van der Waals surface area contributed by atoms with E-state index in [2.05, 4.69) is 10.3 Å². The predicted octanol–water partition coefficient (Wildman–Crippen LogP) is 4.13. The number of methoxy groups -OCH3 is 2. The Bertz CT molecular complexity index is 1130. The van der Waals surface area contributed by atoms with Crippen molar-refractivity contribution in [3.05, 3.63) is 53.4 Å². The molecule has 1 aliphatic heterocycles. The van der Waals surface area contributed by atoms with Crippen LogP contribution in [0.25, 0.3) is 11.3 Å². The number of thiazole rings is 1. The maximum Gasteiger partial charge on any atom is 0.231 e. The molecule has 1 aliphatic rings. The van der Waals surface area contributed by atoms with Crippen molar-refractivity contribution in [2.24, 2.45) is 5.92 Å². The number of anilines is 2. The van der Waals surface area contributed by atoms with Crippen molar-refractivity contribution in [2.45, 2.75) is 13.3 Å². The van der Waals surface area contributed by atoms with E-state index >= 15 is 0 Å². The maximum atomic E-state index is 12.8. The largest absolute Gasteiger partial charge is 0.497 e. The van der Waals surface area contributed by atoms with Crippen LogP contribution >= 0.6 is 11.3 Å². The Morgan fingerprint density at radius 2 is 2.03 bits per heavy atom. The van der Waals surface area contributed by atoms with Crippen LogP contribution in [0.3, 0.4) is 0 Å². The normalized spacial score (nSPS) is 15.8. The Labute approximate surface area is 184 Å². The average Bonchev–Trinajstić information content (AvgIpc) is 3.40. The van der Waals surface area contributed by atoms with Gasteiger partial charge in [-0.3, -0.25) is 9.59 Å². The zero-order chi connectivity index (χ0) is 22.0. The molecule has 1 saturated heterocycles. The van der Waals surface area contributed by atoms with Gasteiger partial charge in [-0.2, -0.15) is 0 Å². The second-order valence-corrected chi connectivity index (χ2v) is 8.20. The molecule has 0 spiro atoms. The number of amides is 2. The number of hydrogen-bond donors (Lipinski definition) is 1. The van der Waals surface area contributed by atoms with Crippen LogP contribution in [-0.4, -0.2) is 37.6 Å². The van der Waals surface area contributed by atoms with E-state index in [-0.39, 0.29) is 18.2 Å². The fourth-order valence-electron chi connectivity index (χ4n) is 3.60. The highest BCUT2D eigenvalue weighted by Crippen LogP contribution is 2.34.